The van der Waals surface area contributed by atoms with Crippen LogP contribution in [-0.4, -0.2) is 95.9 Å². The van der Waals surface area contributed by atoms with Crippen LogP contribution >= 0.6 is 15.6 Å². The number of phosphoric ester groups is 2. The first-order valence-electron chi connectivity index (χ1n) is 34.4. The molecule has 0 heterocycles. The number of unbranched alkanes of at least 4 members (excludes halogenated alkanes) is 12. The van der Waals surface area contributed by atoms with Crippen molar-refractivity contribution in [3.05, 3.63) is 170 Å². The number of allylic oxidation sites excluding steroid dienone is 28. The Morgan fingerprint density at radius 2 is 0.559 bits per heavy atom. The fourth-order valence-electron chi connectivity index (χ4n) is 8.28. The zero-order valence-electron chi connectivity index (χ0n) is 56.9. The van der Waals surface area contributed by atoms with Gasteiger partial charge >= 0.3 is 33.6 Å². The summed E-state index contributed by atoms with van der Waals surface area (Å²) in [5.74, 6) is -1.72. The quantitative estimate of drug-likeness (QED) is 0.0146. The first-order chi connectivity index (χ1) is 45.2. The van der Waals surface area contributed by atoms with E-state index < -0.39 is 91.5 Å². The smallest absolute Gasteiger partial charge is 0.463 e. The second-order valence-corrected chi connectivity index (χ2v) is 25.1. The van der Waals surface area contributed by atoms with Gasteiger partial charge in [-0.2, -0.15) is 0 Å². The van der Waals surface area contributed by atoms with Crippen LogP contribution in [0.15, 0.2) is 170 Å². The van der Waals surface area contributed by atoms with Gasteiger partial charge in [0.2, 0.25) is 0 Å². The number of carbonyl (C=O) groups is 3. The molecule has 4 N–H and O–H groups in total. The van der Waals surface area contributed by atoms with Crippen molar-refractivity contribution in [3.63, 3.8) is 0 Å². The molecule has 0 radical (unpaired) electrons. The molecule has 0 aromatic carbocycles. The van der Waals surface area contributed by atoms with Crippen LogP contribution in [0, 0.1) is 0 Å². The third kappa shape index (κ3) is 68.1. The van der Waals surface area contributed by atoms with Crippen molar-refractivity contribution >= 4 is 33.6 Å². The summed E-state index contributed by atoms with van der Waals surface area (Å²) in [7, 11) is -9.82. The topological polar surface area (TPSA) is 231 Å². The first-order valence-corrected chi connectivity index (χ1v) is 37.4. The predicted octanol–water partition coefficient (Wildman–Crippen LogP) is 19.3. The van der Waals surface area contributed by atoms with Gasteiger partial charge in [0, 0.05) is 19.3 Å². The van der Waals surface area contributed by atoms with Crippen molar-refractivity contribution in [1.29, 1.82) is 0 Å². The van der Waals surface area contributed by atoms with E-state index in [1.807, 2.05) is 18.2 Å². The molecule has 18 heteroatoms. The summed E-state index contributed by atoms with van der Waals surface area (Å²) in [6, 6.07) is 0. The second-order valence-electron chi connectivity index (χ2n) is 22.2. The lowest BCUT2D eigenvalue weighted by molar-refractivity contribution is -0.161. The Morgan fingerprint density at radius 1 is 0.301 bits per heavy atom. The van der Waals surface area contributed by atoms with Crippen LogP contribution < -0.4 is 0 Å². The zero-order chi connectivity index (χ0) is 68.1. The van der Waals surface area contributed by atoms with E-state index >= 15 is 0 Å². The van der Waals surface area contributed by atoms with E-state index in [1.165, 1.54) is 0 Å². The third-order valence-electron chi connectivity index (χ3n) is 13.4. The number of hydrogen-bond acceptors (Lipinski definition) is 14. The molecule has 0 amide bonds. The summed E-state index contributed by atoms with van der Waals surface area (Å²) in [6.45, 7) is 2.17. The SMILES string of the molecule is CC/C=C\C/C=C\C/C=C\C/C=C\C/C=C\C/C=C\CCC(=O)OCC(COP(=O)(O)OCC(O)COP(=O)(O)OCC(O)COC(=O)CCCCCCCCC/C=C\C/C=C\C/C=C\C/C=C\C/C=C\CC)OC(=O)CCCCCCC/C=C\C/C=C\C/C=C\CC. The summed E-state index contributed by atoms with van der Waals surface area (Å²) in [6.07, 6.45) is 82.8. The summed E-state index contributed by atoms with van der Waals surface area (Å²) < 4.78 is 60.8. The number of phosphoric acid groups is 2. The molecule has 0 fully saturated rings. The average molecular weight is 1340 g/mol. The number of esters is 3. The highest BCUT2D eigenvalue weighted by molar-refractivity contribution is 7.47. The summed E-state index contributed by atoms with van der Waals surface area (Å²) in [5.41, 5.74) is 0. The molecule has 0 aliphatic heterocycles. The van der Waals surface area contributed by atoms with E-state index in [-0.39, 0.29) is 19.3 Å². The van der Waals surface area contributed by atoms with Crippen molar-refractivity contribution in [1.82, 2.24) is 0 Å². The maximum Gasteiger partial charge on any atom is 0.472 e. The zero-order valence-corrected chi connectivity index (χ0v) is 58.6. The van der Waals surface area contributed by atoms with E-state index in [1.54, 1.807) is 0 Å². The van der Waals surface area contributed by atoms with Crippen LogP contribution in [0.1, 0.15) is 226 Å². The number of rotatable bonds is 63. The Balaban J connectivity index is 4.74. The average Bonchev–Trinajstić information content (AvgIpc) is 3.19. The van der Waals surface area contributed by atoms with Gasteiger partial charge in [-0.05, 0) is 135 Å². The van der Waals surface area contributed by atoms with Crippen molar-refractivity contribution < 1.29 is 75.8 Å². The molecule has 0 aliphatic carbocycles. The number of carbonyl (C=O) groups excluding carboxylic acids is 3. The number of aliphatic hydroxyl groups is 2. The van der Waals surface area contributed by atoms with E-state index in [0.717, 1.165) is 161 Å². The van der Waals surface area contributed by atoms with Crippen LogP contribution in [0.2, 0.25) is 0 Å². The highest BCUT2D eigenvalue weighted by Gasteiger charge is 2.29. The standard InChI is InChI=1S/C75H120O16P2/c1-4-7-10-13-16-19-22-25-28-30-32-33-34-35-37-39-41-43-46-49-52-55-58-61-73(78)85-64-70(76)65-87-92(81,82)88-66-71(77)67-89-93(83,84)90-69-72(91-75(80)63-60-57-54-51-48-45-40-27-24-21-18-15-12-9-6-3)68-86-74(79)62-59-56-53-50-47-44-42-38-36-31-29-26-23-20-17-14-11-8-5-2/h7-12,16-21,25-29,32-33,35-38,40,44,47,53,56,70-72,76-77H,4-6,13-15,22-24,30-31,34,39,41-43,45-46,48-52,54-55,57-69H2,1-3H3,(H,81,82)(H,83,84)/b10-7-,11-8-,12-9-,19-16-,20-17-,21-18-,28-25-,29-26-,33-32-,37-35-,38-36-,40-27-,47-44-,56-53-. The molecule has 0 aliphatic rings. The van der Waals surface area contributed by atoms with Gasteiger partial charge in [0.05, 0.1) is 26.4 Å². The van der Waals surface area contributed by atoms with Crippen molar-refractivity contribution in [2.75, 3.05) is 39.6 Å². The molecule has 526 valence electrons. The van der Waals surface area contributed by atoms with Crippen LogP contribution in [0.4, 0.5) is 0 Å². The largest absolute Gasteiger partial charge is 0.472 e. The van der Waals surface area contributed by atoms with E-state index in [0.29, 0.717) is 25.7 Å². The molecular formula is C75H120O16P2. The monoisotopic (exact) mass is 1340 g/mol. The molecule has 5 atom stereocenters. The van der Waals surface area contributed by atoms with Gasteiger partial charge in [0.25, 0.3) is 0 Å². The molecule has 0 bridgehead atoms. The summed E-state index contributed by atoms with van der Waals surface area (Å²) in [4.78, 5) is 58.4. The molecule has 0 rings (SSSR count). The summed E-state index contributed by atoms with van der Waals surface area (Å²) in [5, 5.41) is 20.6. The first kappa shape index (κ1) is 87.9. The van der Waals surface area contributed by atoms with Crippen molar-refractivity contribution in [2.45, 2.75) is 245 Å². The Hall–Kier alpha value is -5.09. The molecular weight excluding hydrogens is 1220 g/mol. The maximum atomic E-state index is 12.9. The van der Waals surface area contributed by atoms with Gasteiger partial charge in [-0.25, -0.2) is 9.13 Å². The molecule has 0 aromatic rings. The minimum atomic E-state index is -4.95. The molecule has 93 heavy (non-hydrogen) atoms. The van der Waals surface area contributed by atoms with Crippen LogP contribution in [-0.2, 0) is 55.8 Å². The molecule has 0 saturated carbocycles. The van der Waals surface area contributed by atoms with Crippen molar-refractivity contribution in [2.24, 2.45) is 0 Å². The third-order valence-corrected chi connectivity index (χ3v) is 15.3. The maximum absolute atomic E-state index is 12.9. The van der Waals surface area contributed by atoms with Crippen LogP contribution in [0.5, 0.6) is 0 Å². The van der Waals surface area contributed by atoms with Crippen molar-refractivity contribution in [3.8, 4) is 0 Å². The van der Waals surface area contributed by atoms with Gasteiger partial charge < -0.3 is 34.2 Å². The Bertz CT molecular complexity index is 2370. The fourth-order valence-corrected chi connectivity index (χ4v) is 9.87. The van der Waals surface area contributed by atoms with E-state index in [9.17, 15) is 43.5 Å². The number of aliphatic hydroxyl groups excluding tert-OH is 2. The predicted molar refractivity (Wildman–Crippen MR) is 380 cm³/mol. The Kier molecular flexibility index (Phi) is 63.2. The second kappa shape index (κ2) is 66.9. The summed E-state index contributed by atoms with van der Waals surface area (Å²) >= 11 is 0. The fraction of sp³-hybridized carbons (Fsp3) is 0.587. The lowest BCUT2D eigenvalue weighted by Crippen LogP contribution is -2.30. The highest BCUT2D eigenvalue weighted by atomic mass is 31.2. The Morgan fingerprint density at radius 3 is 0.914 bits per heavy atom. The molecule has 0 saturated heterocycles. The lowest BCUT2D eigenvalue weighted by atomic mass is 10.1. The van der Waals surface area contributed by atoms with Gasteiger partial charge in [-0.15, -0.1) is 0 Å². The molecule has 5 unspecified atom stereocenters. The van der Waals surface area contributed by atoms with E-state index in [2.05, 4.69) is 173 Å². The number of ether oxygens (including phenoxy) is 3. The van der Waals surface area contributed by atoms with Gasteiger partial charge in [0.1, 0.15) is 25.4 Å². The molecule has 0 aromatic heterocycles. The van der Waals surface area contributed by atoms with Gasteiger partial charge in [0.15, 0.2) is 6.10 Å². The molecule has 16 nitrogen and oxygen atoms in total. The normalized spacial score (nSPS) is 15.2. The minimum Gasteiger partial charge on any atom is -0.463 e. The Labute approximate surface area is 561 Å². The number of hydrogen-bond donors (Lipinski definition) is 4. The van der Waals surface area contributed by atoms with E-state index in [4.69, 9.17) is 32.3 Å². The van der Waals surface area contributed by atoms with Crippen LogP contribution in [0.25, 0.3) is 0 Å². The van der Waals surface area contributed by atoms with Gasteiger partial charge in [-0.1, -0.05) is 242 Å². The lowest BCUT2D eigenvalue weighted by Gasteiger charge is -2.21. The van der Waals surface area contributed by atoms with Crippen LogP contribution in [0.3, 0.4) is 0 Å². The minimum absolute atomic E-state index is 0.0344. The molecule has 0 spiro atoms. The van der Waals surface area contributed by atoms with Gasteiger partial charge in [-0.3, -0.25) is 32.5 Å². The highest BCUT2D eigenvalue weighted by Crippen LogP contribution is 2.45.